The van der Waals surface area contributed by atoms with Crippen molar-refractivity contribution in [2.24, 2.45) is 0 Å². The van der Waals surface area contributed by atoms with Crippen molar-refractivity contribution < 1.29 is 4.74 Å². The highest BCUT2D eigenvalue weighted by Crippen LogP contribution is 2.14. The molecular formula is C8H7NO. The van der Waals surface area contributed by atoms with Crippen LogP contribution in [0.15, 0.2) is 24.3 Å². The van der Waals surface area contributed by atoms with E-state index in [-0.39, 0.29) is 0 Å². The summed E-state index contributed by atoms with van der Waals surface area (Å²) in [5, 5.41) is 8.17. The van der Waals surface area contributed by atoms with Gasteiger partial charge in [-0.2, -0.15) is 0 Å². The van der Waals surface area contributed by atoms with Crippen molar-refractivity contribution in [2.45, 2.75) is 6.92 Å². The standard InChI is InChI=1S/C8H7NO/c1-7-4-2-3-5-8(7)10-6-9/h2-5H,1H3. The van der Waals surface area contributed by atoms with Gasteiger partial charge in [-0.25, -0.2) is 0 Å². The number of benzene rings is 1. The van der Waals surface area contributed by atoms with E-state index in [2.05, 4.69) is 4.74 Å². The minimum absolute atomic E-state index is 0.630. The second-order valence-corrected chi connectivity index (χ2v) is 1.96. The van der Waals surface area contributed by atoms with E-state index in [1.165, 1.54) is 0 Å². The van der Waals surface area contributed by atoms with Gasteiger partial charge in [-0.3, -0.25) is 0 Å². The number of nitriles is 1. The van der Waals surface area contributed by atoms with Crippen LogP contribution >= 0.6 is 0 Å². The number of nitrogens with zero attached hydrogens (tertiary/aromatic N) is 1. The maximum atomic E-state index is 8.17. The van der Waals surface area contributed by atoms with E-state index in [4.69, 9.17) is 5.26 Å². The zero-order chi connectivity index (χ0) is 7.40. The number of hydrogen-bond acceptors (Lipinski definition) is 2. The summed E-state index contributed by atoms with van der Waals surface area (Å²) in [6.45, 7) is 1.90. The average molecular weight is 133 g/mol. The van der Waals surface area contributed by atoms with Gasteiger partial charge in [-0.15, -0.1) is 5.26 Å². The van der Waals surface area contributed by atoms with Crippen LogP contribution in [0.2, 0.25) is 0 Å². The van der Waals surface area contributed by atoms with Crippen molar-refractivity contribution in [3.05, 3.63) is 29.8 Å². The van der Waals surface area contributed by atoms with Crippen molar-refractivity contribution in [1.82, 2.24) is 0 Å². The van der Waals surface area contributed by atoms with Gasteiger partial charge in [0.05, 0.1) is 0 Å². The molecule has 1 rings (SSSR count). The second kappa shape index (κ2) is 2.88. The maximum absolute atomic E-state index is 8.17. The van der Waals surface area contributed by atoms with Crippen LogP contribution in [0.25, 0.3) is 0 Å². The smallest absolute Gasteiger partial charge is 0.292 e. The van der Waals surface area contributed by atoms with E-state index in [1.54, 1.807) is 12.3 Å². The minimum Gasteiger partial charge on any atom is -0.388 e. The van der Waals surface area contributed by atoms with E-state index in [9.17, 15) is 0 Å². The van der Waals surface area contributed by atoms with Crippen molar-refractivity contribution in [3.63, 3.8) is 0 Å². The van der Waals surface area contributed by atoms with Gasteiger partial charge in [-0.05, 0) is 18.6 Å². The highest BCUT2D eigenvalue weighted by molar-refractivity contribution is 5.32. The van der Waals surface area contributed by atoms with Crippen molar-refractivity contribution in [1.29, 1.82) is 5.26 Å². The SMILES string of the molecule is Cc1ccccc1OC#N. The van der Waals surface area contributed by atoms with Crippen LogP contribution in [0.5, 0.6) is 5.75 Å². The molecule has 2 nitrogen and oxygen atoms in total. The van der Waals surface area contributed by atoms with E-state index in [0.717, 1.165) is 5.56 Å². The molecule has 0 saturated carbocycles. The van der Waals surface area contributed by atoms with Gasteiger partial charge < -0.3 is 4.74 Å². The summed E-state index contributed by atoms with van der Waals surface area (Å²) >= 11 is 0. The number of para-hydroxylation sites is 1. The highest BCUT2D eigenvalue weighted by Gasteiger charge is 1.94. The van der Waals surface area contributed by atoms with Crippen LogP contribution in [0.3, 0.4) is 0 Å². The van der Waals surface area contributed by atoms with Gasteiger partial charge >= 0.3 is 0 Å². The zero-order valence-corrected chi connectivity index (χ0v) is 5.66. The summed E-state index contributed by atoms with van der Waals surface area (Å²) in [6.07, 6.45) is 1.62. The number of ether oxygens (including phenoxy) is 1. The first-order valence-corrected chi connectivity index (χ1v) is 2.96. The summed E-state index contributed by atoms with van der Waals surface area (Å²) in [5.74, 6) is 0.630. The van der Waals surface area contributed by atoms with E-state index in [0.29, 0.717) is 5.75 Å². The molecule has 0 heterocycles. The normalized spacial score (nSPS) is 8.40. The van der Waals surface area contributed by atoms with Crippen molar-refractivity contribution in [3.8, 4) is 12.0 Å². The Morgan fingerprint density at radius 3 is 2.70 bits per heavy atom. The lowest BCUT2D eigenvalue weighted by molar-refractivity contribution is 0.503. The molecule has 0 bridgehead atoms. The van der Waals surface area contributed by atoms with Gasteiger partial charge in [0.25, 0.3) is 6.26 Å². The average Bonchev–Trinajstić information content (AvgIpc) is 1.94. The lowest BCUT2D eigenvalue weighted by Gasteiger charge is -1.97. The fraction of sp³-hybridized carbons (Fsp3) is 0.125. The molecule has 0 spiro atoms. The minimum atomic E-state index is 0.630. The molecule has 1 aromatic rings. The molecule has 0 aliphatic carbocycles. The first-order valence-electron chi connectivity index (χ1n) is 2.96. The summed E-state index contributed by atoms with van der Waals surface area (Å²) in [5.41, 5.74) is 0.976. The molecule has 0 amide bonds. The highest BCUT2D eigenvalue weighted by atomic mass is 16.5. The fourth-order valence-corrected chi connectivity index (χ4v) is 0.720. The predicted octanol–water partition coefficient (Wildman–Crippen LogP) is 1.85. The zero-order valence-electron chi connectivity index (χ0n) is 5.66. The second-order valence-electron chi connectivity index (χ2n) is 1.96. The monoisotopic (exact) mass is 133 g/mol. The Bertz CT molecular complexity index is 262. The van der Waals surface area contributed by atoms with Crippen LogP contribution in [0.1, 0.15) is 5.56 Å². The lowest BCUT2D eigenvalue weighted by Crippen LogP contribution is -1.83. The molecule has 2 heteroatoms. The molecule has 0 aliphatic heterocycles. The molecule has 0 N–H and O–H groups in total. The molecule has 1 aromatic carbocycles. The molecule has 0 radical (unpaired) electrons. The van der Waals surface area contributed by atoms with Crippen molar-refractivity contribution in [2.75, 3.05) is 0 Å². The van der Waals surface area contributed by atoms with E-state index < -0.39 is 0 Å². The van der Waals surface area contributed by atoms with Crippen LogP contribution in [-0.4, -0.2) is 0 Å². The summed E-state index contributed by atoms with van der Waals surface area (Å²) in [7, 11) is 0. The Balaban J connectivity index is 2.94. The molecule has 0 atom stereocenters. The molecule has 0 fully saturated rings. The van der Waals surface area contributed by atoms with Gasteiger partial charge in [0.1, 0.15) is 5.75 Å². The van der Waals surface area contributed by atoms with Crippen LogP contribution in [-0.2, 0) is 0 Å². The molecule has 50 valence electrons. The van der Waals surface area contributed by atoms with Crippen LogP contribution in [0.4, 0.5) is 0 Å². The third-order valence-corrected chi connectivity index (χ3v) is 1.25. The van der Waals surface area contributed by atoms with Gasteiger partial charge in [-0.1, -0.05) is 18.2 Å². The fourth-order valence-electron chi connectivity index (χ4n) is 0.720. The van der Waals surface area contributed by atoms with E-state index in [1.807, 2.05) is 25.1 Å². The molecule has 0 aromatic heterocycles. The maximum Gasteiger partial charge on any atom is 0.292 e. The number of rotatable bonds is 1. The molecular weight excluding hydrogens is 126 g/mol. The summed E-state index contributed by atoms with van der Waals surface area (Å²) < 4.78 is 4.64. The number of aryl methyl sites for hydroxylation is 1. The van der Waals surface area contributed by atoms with Gasteiger partial charge in [0.2, 0.25) is 0 Å². The third kappa shape index (κ3) is 1.26. The summed E-state index contributed by atoms with van der Waals surface area (Å²) in [4.78, 5) is 0. The quantitative estimate of drug-likeness (QED) is 0.548. The molecule has 0 saturated heterocycles. The predicted molar refractivity (Wildman–Crippen MR) is 37.4 cm³/mol. The van der Waals surface area contributed by atoms with Gasteiger partial charge in [0, 0.05) is 0 Å². The first kappa shape index (κ1) is 6.63. The topological polar surface area (TPSA) is 33.0 Å². The Morgan fingerprint density at radius 2 is 2.10 bits per heavy atom. The Morgan fingerprint density at radius 1 is 1.40 bits per heavy atom. The van der Waals surface area contributed by atoms with Crippen LogP contribution in [0, 0.1) is 18.4 Å². The molecule has 10 heavy (non-hydrogen) atoms. The van der Waals surface area contributed by atoms with Crippen LogP contribution < -0.4 is 4.74 Å². The largest absolute Gasteiger partial charge is 0.388 e. The first-order chi connectivity index (χ1) is 4.84. The van der Waals surface area contributed by atoms with Crippen molar-refractivity contribution >= 4 is 0 Å². The summed E-state index contributed by atoms with van der Waals surface area (Å²) in [6, 6.07) is 7.39. The van der Waals surface area contributed by atoms with Gasteiger partial charge in [0.15, 0.2) is 0 Å². The molecule has 0 unspecified atom stereocenters. The Kier molecular flexibility index (Phi) is 1.91. The lowest BCUT2D eigenvalue weighted by atomic mass is 10.2. The third-order valence-electron chi connectivity index (χ3n) is 1.25. The van der Waals surface area contributed by atoms with E-state index >= 15 is 0 Å². The number of hydrogen-bond donors (Lipinski definition) is 0. The Labute approximate surface area is 59.7 Å². The molecule has 0 aliphatic rings. The Hall–Kier alpha value is -1.49.